The summed E-state index contributed by atoms with van der Waals surface area (Å²) in [6, 6.07) is -0.436. The second-order valence-corrected chi connectivity index (χ2v) is 5.29. The third-order valence-electron chi connectivity index (χ3n) is 2.51. The number of carboxylic acid groups (broad SMARTS) is 1. The van der Waals surface area contributed by atoms with Gasteiger partial charge < -0.3 is 10.4 Å². The smallest absolute Gasteiger partial charge is 0.305 e. The first kappa shape index (κ1) is 16.7. The Morgan fingerprint density at radius 1 is 1.55 bits per heavy atom. The molecule has 2 N–H and O–H groups in total. The molecule has 1 aromatic heterocycles. The summed E-state index contributed by atoms with van der Waals surface area (Å²) >= 11 is 7.20. The lowest BCUT2D eigenvalue weighted by molar-refractivity contribution is -0.137. The molecule has 0 bridgehead atoms. The molecule has 1 amide bonds. The minimum atomic E-state index is -0.956. The lowest BCUT2D eigenvalue weighted by atomic mass is 10.1. The number of aliphatic carboxylic acids is 1. The highest BCUT2D eigenvalue weighted by molar-refractivity contribution is 7.98. The minimum Gasteiger partial charge on any atom is -0.481 e. The lowest BCUT2D eigenvalue weighted by Crippen LogP contribution is -2.37. The molecule has 8 heteroatoms. The second-order valence-electron chi connectivity index (χ2n) is 4.11. The zero-order valence-corrected chi connectivity index (χ0v) is 12.8. The first-order valence-electron chi connectivity index (χ1n) is 6.07. The molecule has 0 radical (unpaired) electrons. The van der Waals surface area contributed by atoms with Gasteiger partial charge in [-0.3, -0.25) is 9.59 Å². The molecule has 110 valence electrons. The maximum atomic E-state index is 12.1. The molecule has 0 aliphatic heterocycles. The fourth-order valence-electron chi connectivity index (χ4n) is 1.65. The van der Waals surface area contributed by atoms with Crippen molar-refractivity contribution in [1.82, 2.24) is 15.3 Å². The number of nitrogens with zero attached hydrogens (tertiary/aromatic N) is 2. The van der Waals surface area contributed by atoms with E-state index in [2.05, 4.69) is 15.3 Å². The Hall–Kier alpha value is -1.34. The molecule has 0 spiro atoms. The monoisotopic (exact) mass is 317 g/mol. The van der Waals surface area contributed by atoms with Crippen LogP contribution in [0.2, 0.25) is 5.02 Å². The fraction of sp³-hybridized carbons (Fsp3) is 0.500. The van der Waals surface area contributed by atoms with Gasteiger partial charge in [0.1, 0.15) is 0 Å². The molecule has 0 aliphatic carbocycles. The van der Waals surface area contributed by atoms with E-state index >= 15 is 0 Å². The van der Waals surface area contributed by atoms with Crippen molar-refractivity contribution in [3.8, 4) is 0 Å². The molecule has 0 saturated heterocycles. The Morgan fingerprint density at radius 3 is 2.80 bits per heavy atom. The number of thioether (sulfide) groups is 1. The van der Waals surface area contributed by atoms with E-state index in [0.29, 0.717) is 11.6 Å². The predicted molar refractivity (Wildman–Crippen MR) is 77.2 cm³/mol. The molecule has 0 fully saturated rings. The van der Waals surface area contributed by atoms with Crippen LogP contribution in [-0.2, 0) is 4.79 Å². The molecular weight excluding hydrogens is 302 g/mol. The van der Waals surface area contributed by atoms with Crippen LogP contribution in [0.5, 0.6) is 0 Å². The van der Waals surface area contributed by atoms with Gasteiger partial charge in [-0.2, -0.15) is 0 Å². The largest absolute Gasteiger partial charge is 0.481 e. The highest BCUT2D eigenvalue weighted by Crippen LogP contribution is 2.17. The topological polar surface area (TPSA) is 92.2 Å². The van der Waals surface area contributed by atoms with Crippen molar-refractivity contribution in [3.63, 3.8) is 0 Å². The van der Waals surface area contributed by atoms with Gasteiger partial charge in [0.05, 0.1) is 17.6 Å². The minimum absolute atomic E-state index is 0.0671. The van der Waals surface area contributed by atoms with Crippen molar-refractivity contribution in [2.75, 3.05) is 6.26 Å². The van der Waals surface area contributed by atoms with E-state index in [-0.39, 0.29) is 17.1 Å². The summed E-state index contributed by atoms with van der Waals surface area (Å²) in [5.41, 5.74) is 0.0671. The van der Waals surface area contributed by atoms with Gasteiger partial charge in [-0.05, 0) is 12.7 Å². The summed E-state index contributed by atoms with van der Waals surface area (Å²) in [6.45, 7) is 1.92. The van der Waals surface area contributed by atoms with Crippen molar-refractivity contribution in [2.45, 2.75) is 37.4 Å². The molecule has 0 aliphatic rings. The number of rotatable bonds is 7. The third-order valence-corrected chi connectivity index (χ3v) is 3.35. The van der Waals surface area contributed by atoms with Gasteiger partial charge in [0.2, 0.25) is 0 Å². The van der Waals surface area contributed by atoms with Crippen LogP contribution in [0.3, 0.4) is 0 Å². The summed E-state index contributed by atoms with van der Waals surface area (Å²) in [7, 11) is 0. The highest BCUT2D eigenvalue weighted by atomic mass is 35.5. The SMILES string of the molecule is CCCC(CC(=O)O)NC(=O)c1nc(SC)ncc1Cl. The van der Waals surface area contributed by atoms with Gasteiger partial charge in [0.25, 0.3) is 5.91 Å². The van der Waals surface area contributed by atoms with Crippen molar-refractivity contribution >= 4 is 35.2 Å². The van der Waals surface area contributed by atoms with Crippen LogP contribution in [-0.4, -0.2) is 39.2 Å². The van der Waals surface area contributed by atoms with Crippen LogP contribution >= 0.6 is 23.4 Å². The number of halogens is 1. The van der Waals surface area contributed by atoms with E-state index in [1.54, 1.807) is 6.26 Å². The maximum absolute atomic E-state index is 12.1. The van der Waals surface area contributed by atoms with Gasteiger partial charge in [0, 0.05) is 6.04 Å². The normalized spacial score (nSPS) is 11.9. The van der Waals surface area contributed by atoms with Crippen LogP contribution in [0, 0.1) is 0 Å². The molecule has 1 heterocycles. The van der Waals surface area contributed by atoms with Crippen molar-refractivity contribution in [2.24, 2.45) is 0 Å². The molecule has 1 unspecified atom stereocenters. The van der Waals surface area contributed by atoms with E-state index < -0.39 is 17.9 Å². The molecule has 1 atom stereocenters. The number of carboxylic acids is 1. The molecule has 1 aromatic rings. The Balaban J connectivity index is 2.85. The van der Waals surface area contributed by atoms with Crippen LogP contribution in [0.4, 0.5) is 0 Å². The predicted octanol–water partition coefficient (Wildman–Crippen LogP) is 2.23. The molecule has 6 nitrogen and oxygen atoms in total. The van der Waals surface area contributed by atoms with Crippen LogP contribution in [0.15, 0.2) is 11.4 Å². The third kappa shape index (κ3) is 4.97. The van der Waals surface area contributed by atoms with Gasteiger partial charge in [-0.1, -0.05) is 36.7 Å². The lowest BCUT2D eigenvalue weighted by Gasteiger charge is -2.16. The second kappa shape index (κ2) is 8.06. The number of hydrogen-bond donors (Lipinski definition) is 2. The Kier molecular flexibility index (Phi) is 6.74. The number of amides is 1. The van der Waals surface area contributed by atoms with Gasteiger partial charge in [-0.15, -0.1) is 0 Å². The Bertz CT molecular complexity index is 499. The van der Waals surface area contributed by atoms with Crippen molar-refractivity contribution in [1.29, 1.82) is 0 Å². The average Bonchev–Trinajstić information content (AvgIpc) is 2.38. The van der Waals surface area contributed by atoms with Gasteiger partial charge in [0.15, 0.2) is 10.9 Å². The van der Waals surface area contributed by atoms with E-state index in [4.69, 9.17) is 16.7 Å². The Labute approximate surface area is 126 Å². The van der Waals surface area contributed by atoms with Crippen LogP contribution in [0.25, 0.3) is 0 Å². The number of nitrogens with one attached hydrogen (secondary N) is 1. The summed E-state index contributed by atoms with van der Waals surface area (Å²) in [5, 5.41) is 12.1. The molecule has 1 rings (SSSR count). The van der Waals surface area contributed by atoms with E-state index in [1.807, 2.05) is 6.92 Å². The summed E-state index contributed by atoms with van der Waals surface area (Å²) < 4.78 is 0. The maximum Gasteiger partial charge on any atom is 0.305 e. The molecule has 0 saturated carbocycles. The summed E-state index contributed by atoms with van der Waals surface area (Å²) in [6.07, 6.45) is 4.37. The fourth-order valence-corrected chi connectivity index (χ4v) is 2.16. The number of hydrogen-bond acceptors (Lipinski definition) is 5. The Morgan fingerprint density at radius 2 is 2.25 bits per heavy atom. The quantitative estimate of drug-likeness (QED) is 0.592. The van der Waals surface area contributed by atoms with Crippen LogP contribution < -0.4 is 5.32 Å². The average molecular weight is 318 g/mol. The molecular formula is C12H16ClN3O3S. The summed E-state index contributed by atoms with van der Waals surface area (Å²) in [5.74, 6) is -1.44. The zero-order valence-electron chi connectivity index (χ0n) is 11.2. The first-order chi connectivity index (χ1) is 9.47. The van der Waals surface area contributed by atoms with Gasteiger partial charge in [-0.25, -0.2) is 9.97 Å². The van der Waals surface area contributed by atoms with E-state index in [1.165, 1.54) is 18.0 Å². The van der Waals surface area contributed by atoms with Crippen molar-refractivity contribution in [3.05, 3.63) is 16.9 Å². The first-order valence-corrected chi connectivity index (χ1v) is 7.67. The highest BCUT2D eigenvalue weighted by Gasteiger charge is 2.19. The summed E-state index contributed by atoms with van der Waals surface area (Å²) in [4.78, 5) is 30.9. The van der Waals surface area contributed by atoms with E-state index in [9.17, 15) is 9.59 Å². The van der Waals surface area contributed by atoms with E-state index in [0.717, 1.165) is 6.42 Å². The standard InChI is InChI=1S/C12H16ClN3O3S/c1-3-4-7(5-9(17)18)15-11(19)10-8(13)6-14-12(16-10)20-2/h6-7H,3-5H2,1-2H3,(H,15,19)(H,17,18). The van der Waals surface area contributed by atoms with Crippen molar-refractivity contribution < 1.29 is 14.7 Å². The van der Waals surface area contributed by atoms with Crippen LogP contribution in [0.1, 0.15) is 36.7 Å². The molecule has 0 aromatic carbocycles. The zero-order chi connectivity index (χ0) is 15.1. The van der Waals surface area contributed by atoms with Gasteiger partial charge >= 0.3 is 5.97 Å². The molecule has 20 heavy (non-hydrogen) atoms. The number of carbonyl (C=O) groups is 2. The number of carbonyl (C=O) groups excluding carboxylic acids is 1. The number of aromatic nitrogens is 2.